The van der Waals surface area contributed by atoms with E-state index < -0.39 is 51.8 Å². The number of esters is 2. The zero-order valence-electron chi connectivity index (χ0n) is 34.5. The maximum atomic E-state index is 12.6. The number of allylic oxidation sites excluding steroid dienone is 20. The summed E-state index contributed by atoms with van der Waals surface area (Å²) in [5.74, 6) is -1.04. The Morgan fingerprint density at radius 2 is 1.00 bits per heavy atom. The van der Waals surface area contributed by atoms with Crippen molar-refractivity contribution in [3.8, 4) is 0 Å². The highest BCUT2D eigenvalue weighted by molar-refractivity contribution is 7.47. The number of rotatable bonds is 36. The first-order chi connectivity index (χ1) is 27.7. The van der Waals surface area contributed by atoms with Crippen LogP contribution in [0, 0.1) is 0 Å². The van der Waals surface area contributed by atoms with Gasteiger partial charge in [0.25, 0.3) is 0 Å². The van der Waals surface area contributed by atoms with Gasteiger partial charge in [-0.2, -0.15) is 0 Å². The van der Waals surface area contributed by atoms with Crippen molar-refractivity contribution in [1.82, 2.24) is 0 Å². The number of carbonyl (C=O) groups is 2. The van der Waals surface area contributed by atoms with Gasteiger partial charge >= 0.3 is 19.8 Å². The van der Waals surface area contributed by atoms with Crippen molar-refractivity contribution in [1.29, 1.82) is 0 Å². The summed E-state index contributed by atoms with van der Waals surface area (Å²) < 4.78 is 32.6. The van der Waals surface area contributed by atoms with Crippen molar-refractivity contribution in [2.24, 2.45) is 0 Å². The molecule has 0 aliphatic carbocycles. The number of phosphoric acid groups is 1. The monoisotopic (exact) mass is 814 g/mol. The zero-order chi connectivity index (χ0) is 41.9. The summed E-state index contributed by atoms with van der Waals surface area (Å²) >= 11 is 0. The van der Waals surface area contributed by atoms with Gasteiger partial charge in [0.2, 0.25) is 0 Å². The second-order valence-corrected chi connectivity index (χ2v) is 14.4. The summed E-state index contributed by atoms with van der Waals surface area (Å²) in [7, 11) is -4.65. The second kappa shape index (κ2) is 40.6. The van der Waals surface area contributed by atoms with Crippen LogP contribution in [0.15, 0.2) is 122 Å². The SMILES string of the molecule is CC/C=C/C=C/C=C/C=C/CCCCCC(=O)OC(COC(=O)CCCC/C=C/C/C=C/C/C=C/C/C=C/C/C=C/C/C=C/CC)COP(=O)(O)OC[C@H](O)CO. The molecule has 11 heteroatoms. The molecule has 0 fully saturated rings. The first kappa shape index (κ1) is 53.4. The van der Waals surface area contributed by atoms with Crippen LogP contribution in [0.2, 0.25) is 0 Å². The summed E-state index contributed by atoms with van der Waals surface area (Å²) in [4.78, 5) is 34.9. The molecule has 3 atom stereocenters. The minimum absolute atomic E-state index is 0.120. The molecule has 0 aromatic heterocycles. The van der Waals surface area contributed by atoms with E-state index in [0.29, 0.717) is 12.8 Å². The standard InChI is InChI=1S/C46H71O10P/c1-3-5-7-9-11-13-15-17-18-19-20-21-22-23-24-26-27-29-31-33-35-37-45(49)53-41-44(42-55-57(51,52)54-40-43(48)39-47)56-46(50)38-36-34-32-30-28-25-16-14-12-10-8-6-4-2/h5-8,10-14,16-18,20-21,23-25,27-29,43-44,47-48H,3-4,9,15,19,22,26,30-42H2,1-2H3,(H,51,52)/b7-5+,8-6+,12-10+,13-11+,16-14+,18-17+,21-20+,24-23+,28-25+,29-27+/t43-,44?/m1/s1. The quantitative estimate of drug-likeness (QED) is 0.0183. The molecule has 3 N–H and O–H groups in total. The number of unbranched alkanes of at least 4 members (excludes halogenated alkanes) is 5. The van der Waals surface area contributed by atoms with E-state index in [1.54, 1.807) is 0 Å². The molecule has 10 nitrogen and oxygen atoms in total. The van der Waals surface area contributed by atoms with Crippen molar-refractivity contribution in [2.45, 2.75) is 129 Å². The molecule has 0 aromatic carbocycles. The molecule has 0 aliphatic rings. The topological polar surface area (TPSA) is 149 Å². The molecule has 0 bridgehead atoms. The Morgan fingerprint density at radius 1 is 0.544 bits per heavy atom. The van der Waals surface area contributed by atoms with Crippen LogP contribution in [0.3, 0.4) is 0 Å². The third-order valence-electron chi connectivity index (χ3n) is 7.71. The number of carbonyl (C=O) groups excluding carboxylic acids is 2. The maximum absolute atomic E-state index is 12.6. The lowest BCUT2D eigenvalue weighted by Gasteiger charge is -2.20. The van der Waals surface area contributed by atoms with Crippen LogP contribution < -0.4 is 0 Å². The molecule has 0 spiro atoms. The molecule has 0 aromatic rings. The summed E-state index contributed by atoms with van der Waals surface area (Å²) in [6.07, 6.45) is 51.8. The van der Waals surface area contributed by atoms with E-state index in [1.165, 1.54) is 0 Å². The molecular formula is C46H71O10P. The number of phosphoric ester groups is 1. The van der Waals surface area contributed by atoms with Crippen LogP contribution in [-0.4, -0.2) is 65.7 Å². The maximum Gasteiger partial charge on any atom is 0.472 e. The van der Waals surface area contributed by atoms with Gasteiger partial charge in [0.05, 0.1) is 19.8 Å². The molecule has 320 valence electrons. The fourth-order valence-corrected chi connectivity index (χ4v) is 5.38. The minimum atomic E-state index is -4.65. The Kier molecular flexibility index (Phi) is 38.0. The third-order valence-corrected chi connectivity index (χ3v) is 8.66. The van der Waals surface area contributed by atoms with Crippen LogP contribution in [0.25, 0.3) is 0 Å². The highest BCUT2D eigenvalue weighted by Crippen LogP contribution is 2.43. The van der Waals surface area contributed by atoms with Crippen molar-refractivity contribution in [3.63, 3.8) is 0 Å². The van der Waals surface area contributed by atoms with Crippen molar-refractivity contribution >= 4 is 19.8 Å². The van der Waals surface area contributed by atoms with Gasteiger partial charge in [0.1, 0.15) is 12.7 Å². The molecule has 0 saturated carbocycles. The summed E-state index contributed by atoms with van der Waals surface area (Å²) in [6, 6.07) is 0. The number of aliphatic hydroxyl groups excluding tert-OH is 2. The van der Waals surface area contributed by atoms with Gasteiger partial charge in [-0.3, -0.25) is 18.6 Å². The van der Waals surface area contributed by atoms with Crippen LogP contribution in [0.5, 0.6) is 0 Å². The van der Waals surface area contributed by atoms with Crippen LogP contribution in [0.1, 0.15) is 117 Å². The van der Waals surface area contributed by atoms with E-state index in [1.807, 2.05) is 36.5 Å². The largest absolute Gasteiger partial charge is 0.472 e. The molecule has 2 unspecified atom stereocenters. The van der Waals surface area contributed by atoms with E-state index in [9.17, 15) is 24.2 Å². The predicted molar refractivity (Wildman–Crippen MR) is 232 cm³/mol. The molecule has 0 amide bonds. The van der Waals surface area contributed by atoms with Gasteiger partial charge in [-0.25, -0.2) is 4.57 Å². The summed E-state index contributed by atoms with van der Waals surface area (Å²) in [5.41, 5.74) is 0. The van der Waals surface area contributed by atoms with E-state index >= 15 is 0 Å². The van der Waals surface area contributed by atoms with Gasteiger partial charge in [0.15, 0.2) is 6.10 Å². The van der Waals surface area contributed by atoms with Crippen molar-refractivity contribution in [3.05, 3.63) is 122 Å². The van der Waals surface area contributed by atoms with Gasteiger partial charge in [-0.1, -0.05) is 142 Å². The Bertz CT molecular complexity index is 1350. The lowest BCUT2D eigenvalue weighted by Crippen LogP contribution is -2.29. The van der Waals surface area contributed by atoms with Crippen LogP contribution in [0.4, 0.5) is 0 Å². The molecule has 0 aliphatic heterocycles. The zero-order valence-corrected chi connectivity index (χ0v) is 35.4. The lowest BCUT2D eigenvalue weighted by atomic mass is 10.1. The van der Waals surface area contributed by atoms with E-state index in [2.05, 4.69) is 103 Å². The van der Waals surface area contributed by atoms with Gasteiger partial charge < -0.3 is 24.6 Å². The first-order valence-corrected chi connectivity index (χ1v) is 22.0. The van der Waals surface area contributed by atoms with Gasteiger partial charge in [-0.05, 0) is 83.5 Å². The highest BCUT2D eigenvalue weighted by atomic mass is 31.2. The molecule has 0 radical (unpaired) electrons. The number of hydrogen-bond acceptors (Lipinski definition) is 9. The Balaban J connectivity index is 4.47. The average Bonchev–Trinajstić information content (AvgIpc) is 3.20. The number of ether oxygens (including phenoxy) is 2. The normalized spacial score (nSPS) is 15.1. The molecule has 0 heterocycles. The molecular weight excluding hydrogens is 743 g/mol. The smallest absolute Gasteiger partial charge is 0.462 e. The average molecular weight is 815 g/mol. The molecule has 57 heavy (non-hydrogen) atoms. The Labute approximate surface area is 343 Å². The number of hydrogen-bond donors (Lipinski definition) is 3. The van der Waals surface area contributed by atoms with E-state index in [0.717, 1.165) is 77.0 Å². The Morgan fingerprint density at radius 3 is 1.58 bits per heavy atom. The highest BCUT2D eigenvalue weighted by Gasteiger charge is 2.27. The third kappa shape index (κ3) is 40.4. The Hall–Kier alpha value is -3.63. The summed E-state index contributed by atoms with van der Waals surface area (Å²) in [6.45, 7) is 1.98. The first-order valence-electron chi connectivity index (χ1n) is 20.5. The van der Waals surface area contributed by atoms with E-state index in [-0.39, 0.29) is 19.4 Å². The van der Waals surface area contributed by atoms with Crippen LogP contribution >= 0.6 is 7.82 Å². The van der Waals surface area contributed by atoms with Crippen molar-refractivity contribution in [2.75, 3.05) is 26.4 Å². The van der Waals surface area contributed by atoms with E-state index in [4.69, 9.17) is 19.1 Å². The van der Waals surface area contributed by atoms with Crippen LogP contribution in [-0.2, 0) is 32.7 Å². The minimum Gasteiger partial charge on any atom is -0.462 e. The molecule has 0 rings (SSSR count). The lowest BCUT2D eigenvalue weighted by molar-refractivity contribution is -0.161. The second-order valence-electron chi connectivity index (χ2n) is 13.0. The van der Waals surface area contributed by atoms with Gasteiger partial charge in [0, 0.05) is 12.8 Å². The van der Waals surface area contributed by atoms with Crippen molar-refractivity contribution < 1.29 is 47.8 Å². The number of aliphatic hydroxyl groups is 2. The fraction of sp³-hybridized carbons (Fsp3) is 0.522. The fourth-order valence-electron chi connectivity index (χ4n) is 4.59. The molecule has 0 saturated heterocycles. The summed E-state index contributed by atoms with van der Waals surface area (Å²) in [5, 5.41) is 18.3. The predicted octanol–water partition coefficient (Wildman–Crippen LogP) is 10.8. The van der Waals surface area contributed by atoms with Gasteiger partial charge in [-0.15, -0.1) is 0 Å².